The summed E-state index contributed by atoms with van der Waals surface area (Å²) in [6, 6.07) is 1.34. The van der Waals surface area contributed by atoms with Gasteiger partial charge < -0.3 is 24.5 Å². The minimum Gasteiger partial charge on any atom is -0.458 e. The van der Waals surface area contributed by atoms with E-state index in [4.69, 9.17) is 9.15 Å². The van der Waals surface area contributed by atoms with E-state index in [-0.39, 0.29) is 12.3 Å². The van der Waals surface area contributed by atoms with Gasteiger partial charge in [-0.3, -0.25) is 4.79 Å². The first kappa shape index (κ1) is 17.7. The molecule has 7 heteroatoms. The molecule has 4 rings (SSSR count). The van der Waals surface area contributed by atoms with Crippen LogP contribution in [0, 0.1) is 11.3 Å². The maximum atomic E-state index is 12.7. The zero-order chi connectivity index (χ0) is 19.2. The molecule has 26 heavy (non-hydrogen) atoms. The Hall–Kier alpha value is -1.70. The van der Waals surface area contributed by atoms with Crippen LogP contribution >= 0.6 is 0 Å². The van der Waals surface area contributed by atoms with E-state index < -0.39 is 52.8 Å². The molecule has 2 fully saturated rings. The Labute approximate surface area is 150 Å². The number of esters is 1. The number of carbonyl (C=O) groups excluding carboxylic acids is 1. The number of carbonyl (C=O) groups is 1. The van der Waals surface area contributed by atoms with E-state index in [2.05, 4.69) is 0 Å². The number of rotatable bonds is 1. The van der Waals surface area contributed by atoms with E-state index in [0.29, 0.717) is 16.9 Å². The molecule has 7 nitrogen and oxygen atoms in total. The molecule has 1 aromatic heterocycles. The van der Waals surface area contributed by atoms with Crippen LogP contribution in [0.1, 0.15) is 63.0 Å². The molecule has 1 aliphatic heterocycles. The summed E-state index contributed by atoms with van der Waals surface area (Å²) in [5.41, 5.74) is -1.68. The summed E-state index contributed by atoms with van der Waals surface area (Å²) in [4.78, 5) is 24.9. The van der Waals surface area contributed by atoms with Gasteiger partial charge in [0.05, 0.1) is 12.2 Å². The number of hydrogen-bond acceptors (Lipinski definition) is 7. The van der Waals surface area contributed by atoms with Crippen LogP contribution in [0.3, 0.4) is 0 Å². The van der Waals surface area contributed by atoms with E-state index in [1.54, 1.807) is 6.92 Å². The molecule has 0 aromatic carbocycles. The molecule has 2 aliphatic carbocycles. The van der Waals surface area contributed by atoms with Crippen LogP contribution in [-0.4, -0.2) is 39.6 Å². The maximum absolute atomic E-state index is 12.7. The van der Waals surface area contributed by atoms with E-state index in [1.165, 1.54) is 6.07 Å². The van der Waals surface area contributed by atoms with Crippen molar-refractivity contribution in [3.63, 3.8) is 0 Å². The predicted octanol–water partition coefficient (Wildman–Crippen LogP) is 0.741. The van der Waals surface area contributed by atoms with Crippen molar-refractivity contribution in [3.8, 4) is 0 Å². The van der Waals surface area contributed by atoms with E-state index in [0.717, 1.165) is 0 Å². The highest BCUT2D eigenvalue weighted by Gasteiger charge is 2.72. The van der Waals surface area contributed by atoms with Gasteiger partial charge in [-0.2, -0.15) is 0 Å². The van der Waals surface area contributed by atoms with Crippen molar-refractivity contribution < 1.29 is 29.3 Å². The largest absolute Gasteiger partial charge is 0.458 e. The molecule has 0 radical (unpaired) electrons. The molecule has 0 amide bonds. The highest BCUT2D eigenvalue weighted by Crippen LogP contribution is 2.63. The molecule has 0 bridgehead atoms. The lowest BCUT2D eigenvalue weighted by atomic mass is 9.48. The first-order valence-electron chi connectivity index (χ1n) is 8.97. The van der Waals surface area contributed by atoms with Gasteiger partial charge in [0.25, 0.3) is 0 Å². The fraction of sp³-hybridized carbons (Fsp3) is 0.684. The highest BCUT2D eigenvalue weighted by atomic mass is 16.6. The average molecular weight is 364 g/mol. The third-order valence-electron chi connectivity index (χ3n) is 6.73. The zero-order valence-corrected chi connectivity index (χ0v) is 15.2. The molecule has 0 spiro atoms. The lowest BCUT2D eigenvalue weighted by Crippen LogP contribution is -2.63. The summed E-state index contributed by atoms with van der Waals surface area (Å²) < 4.78 is 10.9. The Morgan fingerprint density at radius 1 is 1.19 bits per heavy atom. The quantitative estimate of drug-likeness (QED) is 0.629. The van der Waals surface area contributed by atoms with Gasteiger partial charge in [0.2, 0.25) is 0 Å². The van der Waals surface area contributed by atoms with Crippen molar-refractivity contribution in [2.45, 2.75) is 69.9 Å². The molecular formula is C19H24O7. The van der Waals surface area contributed by atoms with Crippen LogP contribution in [0.15, 0.2) is 15.3 Å². The van der Waals surface area contributed by atoms with Gasteiger partial charge in [0, 0.05) is 28.9 Å². The van der Waals surface area contributed by atoms with Crippen molar-refractivity contribution in [1.82, 2.24) is 0 Å². The third kappa shape index (κ3) is 1.88. The van der Waals surface area contributed by atoms with Crippen LogP contribution in [0.25, 0.3) is 0 Å². The van der Waals surface area contributed by atoms with Gasteiger partial charge in [0.1, 0.15) is 23.4 Å². The third-order valence-corrected chi connectivity index (χ3v) is 6.73. The Morgan fingerprint density at radius 2 is 1.85 bits per heavy atom. The van der Waals surface area contributed by atoms with Crippen molar-refractivity contribution in [2.75, 3.05) is 0 Å². The van der Waals surface area contributed by atoms with Crippen molar-refractivity contribution in [2.24, 2.45) is 11.3 Å². The first-order valence-corrected chi connectivity index (χ1v) is 8.97. The van der Waals surface area contributed by atoms with Gasteiger partial charge >= 0.3 is 11.6 Å². The van der Waals surface area contributed by atoms with E-state index in [9.17, 15) is 24.9 Å². The lowest BCUT2D eigenvalue weighted by Gasteiger charge is -2.55. The minimum absolute atomic E-state index is 0.155. The number of aliphatic hydroxyl groups excluding tert-OH is 3. The number of fused-ring (bicyclic) bond motifs is 2. The molecule has 2 heterocycles. The fourth-order valence-electron chi connectivity index (χ4n) is 5.60. The molecule has 0 unspecified atom stereocenters. The van der Waals surface area contributed by atoms with E-state index in [1.807, 2.05) is 20.8 Å². The second-order valence-corrected chi connectivity index (χ2v) is 8.62. The van der Waals surface area contributed by atoms with Crippen LogP contribution in [0.5, 0.6) is 0 Å². The minimum atomic E-state index is -1.36. The molecule has 7 atom stereocenters. The summed E-state index contributed by atoms with van der Waals surface area (Å²) in [7, 11) is 0. The van der Waals surface area contributed by atoms with Crippen LogP contribution in [-0.2, 0) is 14.9 Å². The average Bonchev–Trinajstić information content (AvgIpc) is 2.84. The highest BCUT2D eigenvalue weighted by molar-refractivity contribution is 5.82. The van der Waals surface area contributed by atoms with Crippen molar-refractivity contribution in [3.05, 3.63) is 33.4 Å². The monoisotopic (exact) mass is 364 g/mol. The Morgan fingerprint density at radius 3 is 2.46 bits per heavy atom. The Balaban J connectivity index is 2.05. The molecule has 1 saturated carbocycles. The molecular weight excluding hydrogens is 340 g/mol. The number of aliphatic hydroxyl groups is 3. The van der Waals surface area contributed by atoms with Crippen molar-refractivity contribution >= 4 is 5.97 Å². The summed E-state index contributed by atoms with van der Waals surface area (Å²) in [5, 5.41) is 32.1. The van der Waals surface area contributed by atoms with Gasteiger partial charge in [-0.15, -0.1) is 0 Å². The SMILES string of the molecule is CC(C)c1oc(=O)cc2c1[C@@H](O)[C@H]1OC(=O)[C@@]3(C)[C@H](O)[C@@H](O)C[C@@]2(C)[C@@H]13. The fourth-order valence-corrected chi connectivity index (χ4v) is 5.60. The second-order valence-electron chi connectivity index (χ2n) is 8.62. The Kier molecular flexibility index (Phi) is 3.53. The standard InChI is InChI=1S/C19H24O7/c1-7(2)13-11-8(5-10(21)25-13)18(3)6-9(20)16(23)19(4)15(18)14(12(11)22)26-17(19)24/h5,7,9,12,14-16,20,22-23H,6H2,1-4H3/t9-,12+,14+,15+,16+,18+,19+/m0/s1. The smallest absolute Gasteiger partial charge is 0.336 e. The summed E-state index contributed by atoms with van der Waals surface area (Å²) >= 11 is 0. The van der Waals surface area contributed by atoms with Gasteiger partial charge in [-0.25, -0.2) is 4.79 Å². The first-order chi connectivity index (χ1) is 12.0. The van der Waals surface area contributed by atoms with Crippen LogP contribution in [0.2, 0.25) is 0 Å². The number of ether oxygens (including phenoxy) is 1. The topological polar surface area (TPSA) is 117 Å². The molecule has 3 N–H and O–H groups in total. The summed E-state index contributed by atoms with van der Waals surface area (Å²) in [6.07, 6.45) is -4.31. The van der Waals surface area contributed by atoms with Gasteiger partial charge in [-0.1, -0.05) is 20.8 Å². The van der Waals surface area contributed by atoms with Crippen LogP contribution in [0.4, 0.5) is 0 Å². The Bertz CT molecular complexity index is 843. The molecule has 1 saturated heterocycles. The molecule has 1 aromatic rings. The van der Waals surface area contributed by atoms with E-state index >= 15 is 0 Å². The maximum Gasteiger partial charge on any atom is 0.336 e. The van der Waals surface area contributed by atoms with Crippen LogP contribution < -0.4 is 5.63 Å². The summed E-state index contributed by atoms with van der Waals surface area (Å²) in [6.45, 7) is 7.12. The molecule has 142 valence electrons. The van der Waals surface area contributed by atoms with Gasteiger partial charge in [-0.05, 0) is 18.9 Å². The lowest BCUT2D eigenvalue weighted by molar-refractivity contribution is -0.166. The number of hydrogen-bond donors (Lipinski definition) is 3. The summed E-state index contributed by atoms with van der Waals surface area (Å²) in [5.74, 6) is -0.993. The molecule has 3 aliphatic rings. The second kappa shape index (κ2) is 5.18. The predicted molar refractivity (Wildman–Crippen MR) is 89.5 cm³/mol. The van der Waals surface area contributed by atoms with Crippen molar-refractivity contribution in [1.29, 1.82) is 0 Å². The van der Waals surface area contributed by atoms with Gasteiger partial charge in [0.15, 0.2) is 0 Å². The zero-order valence-electron chi connectivity index (χ0n) is 15.2. The normalized spacial score (nSPS) is 43.8.